The summed E-state index contributed by atoms with van der Waals surface area (Å²) in [6, 6.07) is 1.90. The lowest BCUT2D eigenvalue weighted by Crippen LogP contribution is -2.43. The highest BCUT2D eigenvalue weighted by Gasteiger charge is 2.15. The van der Waals surface area contributed by atoms with Crippen LogP contribution >= 0.6 is 23.2 Å². The van der Waals surface area contributed by atoms with E-state index in [-0.39, 0.29) is 6.03 Å². The van der Waals surface area contributed by atoms with Crippen LogP contribution in [0.1, 0.15) is 37.8 Å². The molecule has 0 aromatic carbocycles. The highest BCUT2D eigenvalue weighted by molar-refractivity contribution is 6.36. The summed E-state index contributed by atoms with van der Waals surface area (Å²) in [6.45, 7) is 0.536. The average molecular weight is 355 g/mol. The summed E-state index contributed by atoms with van der Waals surface area (Å²) in [5.74, 6) is 0. The van der Waals surface area contributed by atoms with Crippen molar-refractivity contribution in [2.45, 2.75) is 44.6 Å². The van der Waals surface area contributed by atoms with Crippen molar-refractivity contribution >= 4 is 34.9 Å². The zero-order chi connectivity index (χ0) is 16.2. The van der Waals surface area contributed by atoms with Gasteiger partial charge in [0, 0.05) is 31.4 Å². The first-order valence-corrected chi connectivity index (χ1v) is 8.74. The minimum absolute atomic E-state index is 0.0956. The molecule has 2 aromatic heterocycles. The van der Waals surface area contributed by atoms with E-state index in [1.165, 1.54) is 19.3 Å². The first-order chi connectivity index (χ1) is 11.1. The van der Waals surface area contributed by atoms with E-state index in [9.17, 15) is 4.79 Å². The molecule has 1 saturated carbocycles. The Morgan fingerprint density at radius 1 is 1.26 bits per heavy atom. The van der Waals surface area contributed by atoms with Crippen LogP contribution in [0.5, 0.6) is 0 Å². The van der Waals surface area contributed by atoms with Crippen LogP contribution in [0.2, 0.25) is 10.0 Å². The van der Waals surface area contributed by atoms with E-state index in [2.05, 4.69) is 15.6 Å². The highest BCUT2D eigenvalue weighted by atomic mass is 35.5. The van der Waals surface area contributed by atoms with E-state index in [4.69, 9.17) is 23.2 Å². The van der Waals surface area contributed by atoms with Crippen LogP contribution in [0.4, 0.5) is 4.79 Å². The van der Waals surface area contributed by atoms with Crippen molar-refractivity contribution in [2.75, 3.05) is 6.54 Å². The first kappa shape index (κ1) is 16.4. The van der Waals surface area contributed by atoms with Crippen molar-refractivity contribution in [1.82, 2.24) is 20.0 Å². The Hall–Kier alpha value is -1.46. The summed E-state index contributed by atoms with van der Waals surface area (Å²) in [4.78, 5) is 16.4. The van der Waals surface area contributed by atoms with Gasteiger partial charge in [0.2, 0.25) is 0 Å². The second kappa shape index (κ2) is 7.41. The lowest BCUT2D eigenvalue weighted by atomic mass is 9.96. The van der Waals surface area contributed by atoms with Crippen molar-refractivity contribution < 1.29 is 4.79 Å². The van der Waals surface area contributed by atoms with Gasteiger partial charge >= 0.3 is 6.03 Å². The Morgan fingerprint density at radius 2 is 2.04 bits per heavy atom. The topological polar surface area (TPSA) is 58.4 Å². The van der Waals surface area contributed by atoms with Crippen molar-refractivity contribution in [3.63, 3.8) is 0 Å². The van der Waals surface area contributed by atoms with Gasteiger partial charge < -0.3 is 15.0 Å². The van der Waals surface area contributed by atoms with Gasteiger partial charge in [-0.25, -0.2) is 9.78 Å². The molecule has 0 atom stereocenters. The molecule has 0 aliphatic heterocycles. The van der Waals surface area contributed by atoms with Crippen LogP contribution in [0.3, 0.4) is 0 Å². The molecule has 2 N–H and O–H groups in total. The number of rotatable bonds is 4. The van der Waals surface area contributed by atoms with Crippen molar-refractivity contribution in [2.24, 2.45) is 0 Å². The van der Waals surface area contributed by atoms with Gasteiger partial charge in [-0.3, -0.25) is 0 Å². The molecule has 5 nitrogen and oxygen atoms in total. The van der Waals surface area contributed by atoms with Crippen LogP contribution in [-0.2, 0) is 6.42 Å². The lowest BCUT2D eigenvalue weighted by molar-refractivity contribution is 0.233. The molecular weight excluding hydrogens is 335 g/mol. The summed E-state index contributed by atoms with van der Waals surface area (Å²) in [7, 11) is 0. The van der Waals surface area contributed by atoms with Gasteiger partial charge in [0.25, 0.3) is 0 Å². The molecule has 7 heteroatoms. The van der Waals surface area contributed by atoms with E-state index in [1.54, 1.807) is 12.3 Å². The van der Waals surface area contributed by atoms with Crippen molar-refractivity contribution in [3.8, 4) is 0 Å². The fraction of sp³-hybridized carbons (Fsp3) is 0.500. The number of hydrogen-bond donors (Lipinski definition) is 2. The molecule has 23 heavy (non-hydrogen) atoms. The number of amides is 2. The van der Waals surface area contributed by atoms with Gasteiger partial charge in [-0.2, -0.15) is 0 Å². The monoisotopic (exact) mass is 354 g/mol. The number of halogens is 2. The molecule has 0 bridgehead atoms. The number of carbonyl (C=O) groups excluding carboxylic acids is 1. The number of imidazole rings is 1. The maximum absolute atomic E-state index is 11.9. The SMILES string of the molecule is O=C(NCCc1cn2cc(Cl)cc(Cl)c2n1)NC1CCCCC1. The molecule has 0 saturated heterocycles. The Morgan fingerprint density at radius 3 is 2.83 bits per heavy atom. The van der Waals surface area contributed by atoms with Crippen molar-refractivity contribution in [1.29, 1.82) is 0 Å². The molecule has 1 fully saturated rings. The Kier molecular flexibility index (Phi) is 5.28. The summed E-state index contributed by atoms with van der Waals surface area (Å²) in [5.41, 5.74) is 1.55. The predicted molar refractivity (Wildman–Crippen MR) is 92.3 cm³/mol. The van der Waals surface area contributed by atoms with Gasteiger partial charge in [-0.05, 0) is 18.9 Å². The smallest absolute Gasteiger partial charge is 0.315 e. The first-order valence-electron chi connectivity index (χ1n) is 7.99. The second-order valence-electron chi connectivity index (χ2n) is 5.95. The molecule has 2 heterocycles. The Bertz CT molecular complexity index is 695. The number of aromatic nitrogens is 2. The minimum atomic E-state index is -0.0956. The number of urea groups is 1. The Labute approximate surface area is 145 Å². The van der Waals surface area contributed by atoms with Crippen LogP contribution in [-0.4, -0.2) is 28.0 Å². The molecule has 1 aliphatic carbocycles. The van der Waals surface area contributed by atoms with E-state index in [1.807, 2.05) is 10.6 Å². The molecule has 1 aliphatic rings. The summed E-state index contributed by atoms with van der Waals surface area (Å²) < 4.78 is 1.81. The molecule has 0 spiro atoms. The Balaban J connectivity index is 1.50. The van der Waals surface area contributed by atoms with Crippen molar-refractivity contribution in [3.05, 3.63) is 34.2 Å². The summed E-state index contributed by atoms with van der Waals surface area (Å²) in [5, 5.41) is 7.01. The minimum Gasteiger partial charge on any atom is -0.338 e. The third-order valence-corrected chi connectivity index (χ3v) is 4.61. The van der Waals surface area contributed by atoms with Gasteiger partial charge in [0.15, 0.2) is 5.65 Å². The number of nitrogens with zero attached hydrogens (tertiary/aromatic N) is 2. The maximum Gasteiger partial charge on any atom is 0.315 e. The molecular formula is C16H20Cl2N4O. The zero-order valence-corrected chi connectivity index (χ0v) is 14.3. The van der Waals surface area contributed by atoms with Crippen LogP contribution in [0.15, 0.2) is 18.5 Å². The highest BCUT2D eigenvalue weighted by Crippen LogP contribution is 2.21. The molecule has 0 unspecified atom stereocenters. The predicted octanol–water partition coefficient (Wildman–Crippen LogP) is 3.82. The molecule has 2 amide bonds. The normalized spacial score (nSPS) is 15.7. The fourth-order valence-corrected chi connectivity index (χ4v) is 3.51. The van der Waals surface area contributed by atoms with Gasteiger partial charge in [0.05, 0.1) is 15.7 Å². The van der Waals surface area contributed by atoms with Crippen LogP contribution in [0, 0.1) is 0 Å². The van der Waals surface area contributed by atoms with E-state index in [0.717, 1.165) is 18.5 Å². The number of pyridine rings is 1. The molecule has 3 rings (SSSR count). The molecule has 2 aromatic rings. The molecule has 0 radical (unpaired) electrons. The number of hydrogen-bond acceptors (Lipinski definition) is 2. The van der Waals surface area contributed by atoms with Gasteiger partial charge in [-0.1, -0.05) is 42.5 Å². The largest absolute Gasteiger partial charge is 0.338 e. The maximum atomic E-state index is 11.9. The quantitative estimate of drug-likeness (QED) is 0.876. The number of nitrogens with one attached hydrogen (secondary N) is 2. The fourth-order valence-electron chi connectivity index (χ4n) is 2.98. The molecule has 124 valence electrons. The second-order valence-corrected chi connectivity index (χ2v) is 6.80. The number of fused-ring (bicyclic) bond motifs is 1. The number of carbonyl (C=O) groups is 1. The van der Waals surface area contributed by atoms with E-state index < -0.39 is 0 Å². The summed E-state index contributed by atoms with van der Waals surface area (Å²) >= 11 is 12.1. The third kappa shape index (κ3) is 4.30. The van der Waals surface area contributed by atoms with Gasteiger partial charge in [0.1, 0.15) is 0 Å². The third-order valence-electron chi connectivity index (χ3n) is 4.13. The van der Waals surface area contributed by atoms with Gasteiger partial charge in [-0.15, -0.1) is 0 Å². The van der Waals surface area contributed by atoms with Crippen LogP contribution < -0.4 is 10.6 Å². The van der Waals surface area contributed by atoms with E-state index in [0.29, 0.717) is 34.7 Å². The summed E-state index contributed by atoms with van der Waals surface area (Å²) in [6.07, 6.45) is 10.1. The lowest BCUT2D eigenvalue weighted by Gasteiger charge is -2.22. The van der Waals surface area contributed by atoms with E-state index >= 15 is 0 Å². The standard InChI is InChI=1S/C16H20Cl2N4O/c17-11-8-14(18)15-20-13(10-22(15)9-11)6-7-19-16(23)21-12-4-2-1-3-5-12/h8-10,12H,1-7H2,(H2,19,21,23). The van der Waals surface area contributed by atoms with Crippen LogP contribution in [0.25, 0.3) is 5.65 Å². The average Bonchev–Trinajstić information content (AvgIpc) is 2.91. The zero-order valence-electron chi connectivity index (χ0n) is 12.8.